The minimum absolute atomic E-state index is 0.369. The predicted molar refractivity (Wildman–Crippen MR) is 50.8 cm³/mol. The normalized spacial score (nSPS) is 9.71. The Bertz CT molecular complexity index is 516. The minimum atomic E-state index is 0.369. The van der Waals surface area contributed by atoms with Crippen molar-refractivity contribution < 1.29 is 4.74 Å². The average molecular weight is 185 g/mol. The van der Waals surface area contributed by atoms with Crippen LogP contribution in [-0.4, -0.2) is 17.1 Å². The van der Waals surface area contributed by atoms with Crippen LogP contribution in [0.4, 0.5) is 0 Å². The second kappa shape index (κ2) is 3.30. The summed E-state index contributed by atoms with van der Waals surface area (Å²) in [5, 5.41) is 9.54. The molecule has 0 bridgehead atoms. The highest BCUT2D eigenvalue weighted by molar-refractivity contribution is 5.87. The Hall–Kier alpha value is -2.15. The van der Waals surface area contributed by atoms with Crippen molar-refractivity contribution in [1.82, 2.24) is 9.97 Å². The molecule has 0 N–H and O–H groups in total. The van der Waals surface area contributed by atoms with Gasteiger partial charge in [0.1, 0.15) is 23.7 Å². The number of fused-ring (bicyclic) bond motifs is 1. The summed E-state index contributed by atoms with van der Waals surface area (Å²) >= 11 is 0. The first-order chi connectivity index (χ1) is 6.86. The van der Waals surface area contributed by atoms with Crippen LogP contribution in [0, 0.1) is 11.3 Å². The fourth-order valence-corrected chi connectivity index (χ4v) is 1.31. The Morgan fingerprint density at radius 3 is 2.93 bits per heavy atom. The lowest BCUT2D eigenvalue weighted by Gasteiger charge is -2.03. The van der Waals surface area contributed by atoms with Crippen LogP contribution in [0.15, 0.2) is 24.5 Å². The van der Waals surface area contributed by atoms with Gasteiger partial charge in [0.05, 0.1) is 7.11 Å². The highest BCUT2D eigenvalue weighted by Crippen LogP contribution is 2.23. The molecule has 4 heteroatoms. The van der Waals surface area contributed by atoms with E-state index in [1.807, 2.05) is 12.1 Å². The number of methoxy groups -OCH3 is 1. The molecule has 1 heterocycles. The molecule has 0 saturated heterocycles. The molecule has 0 amide bonds. The maximum Gasteiger partial charge on any atom is 0.151 e. The van der Waals surface area contributed by atoms with Crippen molar-refractivity contribution in [2.24, 2.45) is 0 Å². The monoisotopic (exact) mass is 185 g/mol. The maximum atomic E-state index is 8.82. The van der Waals surface area contributed by atoms with Crippen LogP contribution in [-0.2, 0) is 0 Å². The third-order valence-electron chi connectivity index (χ3n) is 1.95. The van der Waals surface area contributed by atoms with Crippen LogP contribution in [0.5, 0.6) is 5.75 Å². The first-order valence-corrected chi connectivity index (χ1v) is 4.04. The van der Waals surface area contributed by atoms with Crippen molar-refractivity contribution >= 4 is 10.9 Å². The van der Waals surface area contributed by atoms with Crippen LogP contribution in [0.1, 0.15) is 5.69 Å². The van der Waals surface area contributed by atoms with Gasteiger partial charge in [0.2, 0.25) is 0 Å². The molecule has 0 aliphatic carbocycles. The molecule has 68 valence electrons. The number of aromatic nitrogens is 2. The van der Waals surface area contributed by atoms with Crippen LogP contribution in [0.2, 0.25) is 0 Å². The van der Waals surface area contributed by atoms with E-state index >= 15 is 0 Å². The largest absolute Gasteiger partial charge is 0.494 e. The van der Waals surface area contributed by atoms with Gasteiger partial charge in [0.15, 0.2) is 5.69 Å². The average Bonchev–Trinajstić information content (AvgIpc) is 2.27. The Kier molecular flexibility index (Phi) is 1.99. The van der Waals surface area contributed by atoms with E-state index in [0.717, 1.165) is 0 Å². The van der Waals surface area contributed by atoms with E-state index in [4.69, 9.17) is 10.00 Å². The number of nitriles is 1. The summed E-state index contributed by atoms with van der Waals surface area (Å²) in [6.45, 7) is 0. The van der Waals surface area contributed by atoms with Gasteiger partial charge in [0.25, 0.3) is 0 Å². The molecule has 0 fully saturated rings. The van der Waals surface area contributed by atoms with Crippen molar-refractivity contribution in [2.75, 3.05) is 7.11 Å². The van der Waals surface area contributed by atoms with Gasteiger partial charge in [-0.2, -0.15) is 5.26 Å². The maximum absolute atomic E-state index is 8.82. The summed E-state index contributed by atoms with van der Waals surface area (Å²) in [5.41, 5.74) is 1.04. The molecule has 14 heavy (non-hydrogen) atoms. The standard InChI is InChI=1S/C10H7N3O/c1-14-9-4-2-3-7-8(5-11)12-6-13-10(7)9/h2-4,6H,1H3. The van der Waals surface area contributed by atoms with Crippen LogP contribution in [0.3, 0.4) is 0 Å². The number of para-hydroxylation sites is 1. The zero-order chi connectivity index (χ0) is 9.97. The lowest BCUT2D eigenvalue weighted by molar-refractivity contribution is 0.419. The number of rotatable bonds is 1. The third kappa shape index (κ3) is 1.15. The first-order valence-electron chi connectivity index (χ1n) is 4.04. The summed E-state index contributed by atoms with van der Waals surface area (Å²) in [7, 11) is 1.57. The van der Waals surface area contributed by atoms with Crippen molar-refractivity contribution in [3.05, 3.63) is 30.2 Å². The molecule has 0 aliphatic heterocycles. The number of nitrogens with zero attached hydrogens (tertiary/aromatic N) is 3. The van der Waals surface area contributed by atoms with Gasteiger partial charge in [-0.3, -0.25) is 0 Å². The van der Waals surface area contributed by atoms with Crippen molar-refractivity contribution in [3.63, 3.8) is 0 Å². The van der Waals surface area contributed by atoms with Gasteiger partial charge < -0.3 is 4.74 Å². The minimum Gasteiger partial charge on any atom is -0.494 e. The highest BCUT2D eigenvalue weighted by Gasteiger charge is 2.06. The molecule has 0 aliphatic rings. The molecule has 1 aromatic carbocycles. The molecule has 0 saturated carbocycles. The lowest BCUT2D eigenvalue weighted by Crippen LogP contribution is -1.91. The van der Waals surface area contributed by atoms with Gasteiger partial charge >= 0.3 is 0 Å². The quantitative estimate of drug-likeness (QED) is 0.675. The van der Waals surface area contributed by atoms with Gasteiger partial charge in [-0.05, 0) is 12.1 Å². The van der Waals surface area contributed by atoms with E-state index in [1.54, 1.807) is 19.2 Å². The zero-order valence-corrected chi connectivity index (χ0v) is 7.56. The Morgan fingerprint density at radius 2 is 2.21 bits per heavy atom. The summed E-state index contributed by atoms with van der Waals surface area (Å²) < 4.78 is 5.13. The molecule has 0 radical (unpaired) electrons. The van der Waals surface area contributed by atoms with E-state index in [2.05, 4.69) is 9.97 Å². The molecule has 0 atom stereocenters. The summed E-state index contributed by atoms with van der Waals surface area (Å²) in [6, 6.07) is 7.43. The molecule has 0 unspecified atom stereocenters. The Morgan fingerprint density at radius 1 is 1.36 bits per heavy atom. The topological polar surface area (TPSA) is 58.8 Å². The molecule has 4 nitrogen and oxygen atoms in total. The fourth-order valence-electron chi connectivity index (χ4n) is 1.31. The molecule has 2 aromatic rings. The summed E-state index contributed by atoms with van der Waals surface area (Å²) in [6.07, 6.45) is 1.36. The third-order valence-corrected chi connectivity index (χ3v) is 1.95. The van der Waals surface area contributed by atoms with E-state index in [0.29, 0.717) is 22.3 Å². The predicted octanol–water partition coefficient (Wildman–Crippen LogP) is 1.51. The van der Waals surface area contributed by atoms with Crippen molar-refractivity contribution in [3.8, 4) is 11.8 Å². The van der Waals surface area contributed by atoms with Gasteiger partial charge in [-0.1, -0.05) is 6.07 Å². The fraction of sp³-hybridized carbons (Fsp3) is 0.100. The highest BCUT2D eigenvalue weighted by atomic mass is 16.5. The molecule has 2 rings (SSSR count). The van der Waals surface area contributed by atoms with E-state index in [1.165, 1.54) is 6.33 Å². The van der Waals surface area contributed by atoms with Crippen LogP contribution in [0.25, 0.3) is 10.9 Å². The Labute approximate surface area is 80.8 Å². The number of ether oxygens (including phenoxy) is 1. The second-order valence-corrected chi connectivity index (χ2v) is 2.69. The lowest BCUT2D eigenvalue weighted by atomic mass is 10.2. The number of hydrogen-bond acceptors (Lipinski definition) is 4. The van der Waals surface area contributed by atoms with Crippen LogP contribution < -0.4 is 4.74 Å². The van der Waals surface area contributed by atoms with Gasteiger partial charge in [0, 0.05) is 5.39 Å². The molecule has 0 spiro atoms. The molecular formula is C10H7N3O. The number of benzene rings is 1. The van der Waals surface area contributed by atoms with E-state index in [9.17, 15) is 0 Å². The molecular weight excluding hydrogens is 178 g/mol. The van der Waals surface area contributed by atoms with Crippen molar-refractivity contribution in [2.45, 2.75) is 0 Å². The first kappa shape index (κ1) is 8.45. The zero-order valence-electron chi connectivity index (χ0n) is 7.56. The summed E-state index contributed by atoms with van der Waals surface area (Å²) in [5.74, 6) is 0.654. The van der Waals surface area contributed by atoms with E-state index < -0.39 is 0 Å². The Balaban J connectivity index is 2.86. The van der Waals surface area contributed by atoms with Crippen molar-refractivity contribution in [1.29, 1.82) is 5.26 Å². The van der Waals surface area contributed by atoms with Gasteiger partial charge in [-0.15, -0.1) is 0 Å². The molecule has 1 aromatic heterocycles. The SMILES string of the molecule is COc1cccc2c(C#N)ncnc12. The smallest absolute Gasteiger partial charge is 0.151 e. The summed E-state index contributed by atoms with van der Waals surface area (Å²) in [4.78, 5) is 7.95. The van der Waals surface area contributed by atoms with Crippen LogP contribution >= 0.6 is 0 Å². The second-order valence-electron chi connectivity index (χ2n) is 2.69. The van der Waals surface area contributed by atoms with Gasteiger partial charge in [-0.25, -0.2) is 9.97 Å². The number of hydrogen-bond donors (Lipinski definition) is 0. The van der Waals surface area contributed by atoms with E-state index in [-0.39, 0.29) is 0 Å².